The molecule has 0 aliphatic rings. The molecule has 1 heterocycles. The number of pyridine rings is 1. The molecule has 2 atom stereocenters. The maximum Gasteiger partial charge on any atom is 0.410 e. The second-order valence-corrected chi connectivity index (χ2v) is 13.0. The number of nitrogens with one attached hydrogen (secondary N) is 1. The van der Waals surface area contributed by atoms with Gasteiger partial charge >= 0.3 is 12.2 Å². The highest BCUT2D eigenvalue weighted by atomic mass is 16.6. The molecule has 1 aromatic heterocycles. The van der Waals surface area contributed by atoms with Crippen LogP contribution in [0.2, 0.25) is 0 Å². The van der Waals surface area contributed by atoms with E-state index in [9.17, 15) is 14.7 Å². The number of amides is 2. The summed E-state index contributed by atoms with van der Waals surface area (Å²) < 4.78 is 11.2. The molecular formula is C36H47N3O5. The molecule has 3 rings (SSSR count). The molecule has 0 bridgehead atoms. The molecule has 0 radical (unpaired) electrons. The molecule has 2 N–H and O–H groups in total. The molecule has 0 saturated heterocycles. The second kappa shape index (κ2) is 15.5. The zero-order chi connectivity index (χ0) is 32.3. The number of rotatable bonds is 12. The predicted molar refractivity (Wildman–Crippen MR) is 173 cm³/mol. The lowest BCUT2D eigenvalue weighted by Gasteiger charge is -2.31. The van der Waals surface area contributed by atoms with Gasteiger partial charge in [-0.3, -0.25) is 9.88 Å². The van der Waals surface area contributed by atoms with Crippen molar-refractivity contribution in [2.45, 2.75) is 90.7 Å². The van der Waals surface area contributed by atoms with Crippen LogP contribution in [-0.2, 0) is 40.9 Å². The molecule has 8 nitrogen and oxygen atoms in total. The van der Waals surface area contributed by atoms with Crippen molar-refractivity contribution in [2.75, 3.05) is 6.54 Å². The van der Waals surface area contributed by atoms with Gasteiger partial charge in [0.05, 0.1) is 30.9 Å². The average molecular weight is 602 g/mol. The Kier molecular flexibility index (Phi) is 12.1. The van der Waals surface area contributed by atoms with Crippen LogP contribution in [0.15, 0.2) is 85.6 Å². The van der Waals surface area contributed by atoms with Crippen LogP contribution >= 0.6 is 0 Å². The largest absolute Gasteiger partial charge is 0.445 e. The van der Waals surface area contributed by atoms with Crippen LogP contribution in [0.3, 0.4) is 0 Å². The Hall–Kier alpha value is -4.17. The fraction of sp³-hybridized carbons (Fsp3) is 0.417. The van der Waals surface area contributed by atoms with Gasteiger partial charge in [0.25, 0.3) is 0 Å². The van der Waals surface area contributed by atoms with Gasteiger partial charge in [0.2, 0.25) is 0 Å². The number of hydrogen-bond acceptors (Lipinski definition) is 6. The summed E-state index contributed by atoms with van der Waals surface area (Å²) in [5.74, 6) is 0. The summed E-state index contributed by atoms with van der Waals surface area (Å²) >= 11 is 0. The van der Waals surface area contributed by atoms with Gasteiger partial charge < -0.3 is 19.9 Å². The molecule has 236 valence electrons. The normalized spacial score (nSPS) is 13.0. The Morgan fingerprint density at radius 3 is 2.32 bits per heavy atom. The lowest BCUT2D eigenvalue weighted by atomic mass is 9.87. The van der Waals surface area contributed by atoms with E-state index in [1.807, 2.05) is 72.8 Å². The maximum atomic E-state index is 13.5. The Morgan fingerprint density at radius 1 is 0.977 bits per heavy atom. The van der Waals surface area contributed by atoms with Crippen molar-refractivity contribution in [1.82, 2.24) is 15.2 Å². The first-order valence-corrected chi connectivity index (χ1v) is 15.0. The van der Waals surface area contributed by atoms with Crippen LogP contribution in [0.1, 0.15) is 69.5 Å². The summed E-state index contributed by atoms with van der Waals surface area (Å²) in [4.78, 5) is 32.3. The van der Waals surface area contributed by atoms with Gasteiger partial charge in [-0.2, -0.15) is 0 Å². The van der Waals surface area contributed by atoms with Crippen molar-refractivity contribution in [2.24, 2.45) is 0 Å². The first kappa shape index (κ1) is 34.3. The number of hydrogen-bond donors (Lipinski definition) is 2. The summed E-state index contributed by atoms with van der Waals surface area (Å²) in [6.45, 7) is 15.6. The lowest BCUT2D eigenvalue weighted by molar-refractivity contribution is 0.0326. The van der Waals surface area contributed by atoms with Crippen molar-refractivity contribution in [3.8, 4) is 0 Å². The van der Waals surface area contributed by atoms with E-state index < -0.39 is 29.9 Å². The van der Waals surface area contributed by atoms with Gasteiger partial charge in [-0.25, -0.2) is 9.59 Å². The fourth-order valence-electron chi connectivity index (χ4n) is 4.64. The van der Waals surface area contributed by atoms with Crippen LogP contribution < -0.4 is 5.32 Å². The Balaban J connectivity index is 1.88. The summed E-state index contributed by atoms with van der Waals surface area (Å²) in [5.41, 5.74) is 3.73. The second-order valence-electron chi connectivity index (χ2n) is 13.0. The highest BCUT2D eigenvalue weighted by Gasteiger charge is 2.29. The number of carbonyl (C=O) groups excluding carboxylic acids is 2. The van der Waals surface area contributed by atoms with E-state index in [0.29, 0.717) is 18.5 Å². The van der Waals surface area contributed by atoms with Gasteiger partial charge in [-0.1, -0.05) is 81.4 Å². The molecule has 3 aromatic rings. The molecule has 2 aromatic carbocycles. The highest BCUT2D eigenvalue weighted by molar-refractivity contribution is 5.69. The van der Waals surface area contributed by atoms with E-state index in [1.165, 1.54) is 4.90 Å². The van der Waals surface area contributed by atoms with Crippen molar-refractivity contribution in [3.63, 3.8) is 0 Å². The minimum absolute atomic E-state index is 0.0808. The number of alkyl carbamates (subject to hydrolysis) is 1. The summed E-state index contributed by atoms with van der Waals surface area (Å²) in [5, 5.41) is 14.4. The molecule has 8 heteroatoms. The minimum Gasteiger partial charge on any atom is -0.445 e. The van der Waals surface area contributed by atoms with E-state index in [0.717, 1.165) is 22.3 Å². The number of aliphatic hydroxyl groups is 1. The van der Waals surface area contributed by atoms with Gasteiger partial charge in [0.15, 0.2) is 0 Å². The van der Waals surface area contributed by atoms with E-state index in [2.05, 4.69) is 37.7 Å². The predicted octanol–water partition coefficient (Wildman–Crippen LogP) is 6.74. The van der Waals surface area contributed by atoms with E-state index >= 15 is 0 Å². The van der Waals surface area contributed by atoms with Crippen molar-refractivity contribution in [1.29, 1.82) is 0 Å². The summed E-state index contributed by atoms with van der Waals surface area (Å²) in [7, 11) is 0. The van der Waals surface area contributed by atoms with Gasteiger partial charge in [-0.05, 0) is 73.4 Å². The molecule has 0 fully saturated rings. The fourth-order valence-corrected chi connectivity index (χ4v) is 4.64. The number of benzene rings is 2. The smallest absolute Gasteiger partial charge is 0.410 e. The number of aliphatic hydroxyl groups excluding tert-OH is 1. The Morgan fingerprint density at radius 2 is 1.66 bits per heavy atom. The van der Waals surface area contributed by atoms with Crippen molar-refractivity contribution >= 4 is 12.2 Å². The van der Waals surface area contributed by atoms with E-state index in [4.69, 9.17) is 9.47 Å². The van der Waals surface area contributed by atoms with Gasteiger partial charge in [0, 0.05) is 6.20 Å². The zero-order valence-corrected chi connectivity index (χ0v) is 26.9. The van der Waals surface area contributed by atoms with Crippen molar-refractivity contribution < 1.29 is 24.2 Å². The summed E-state index contributed by atoms with van der Waals surface area (Å²) in [6, 6.07) is 20.5. The van der Waals surface area contributed by atoms with Crippen LogP contribution in [0.5, 0.6) is 0 Å². The number of ether oxygens (including phenoxy) is 2. The lowest BCUT2D eigenvalue weighted by Crippen LogP contribution is -2.51. The molecule has 0 saturated carbocycles. The SMILES string of the molecule is C=CCc1cccc(C[C@H](NC(=O)OC(C)(C)C)[C@@H](O)CN(Cc2cc(C(C)(C)C)ccn2)C(=O)OCc2ccccc2)c1. The van der Waals surface area contributed by atoms with Crippen molar-refractivity contribution in [3.05, 3.63) is 114 Å². The maximum absolute atomic E-state index is 13.5. The summed E-state index contributed by atoms with van der Waals surface area (Å²) in [6.07, 6.45) is 2.16. The first-order valence-electron chi connectivity index (χ1n) is 15.0. The van der Waals surface area contributed by atoms with Crippen LogP contribution in [0.25, 0.3) is 0 Å². The topological polar surface area (TPSA) is 101 Å². The van der Waals surface area contributed by atoms with Gasteiger partial charge in [-0.15, -0.1) is 6.58 Å². The standard InChI is InChI=1S/C36H47N3O5/c1-8-13-26-16-12-17-28(20-26)21-31(38-33(41)44-36(5,6)7)32(40)24-39(34(42)43-25-27-14-10-9-11-15-27)23-30-22-29(18-19-37-30)35(2,3)4/h8-12,14-20,22,31-32,40H,1,13,21,23-25H2,2-7H3,(H,38,41)/t31-,32-/m0/s1. The monoisotopic (exact) mass is 601 g/mol. The van der Waals surface area contributed by atoms with E-state index in [1.54, 1.807) is 27.0 Å². The molecule has 0 aliphatic carbocycles. The Bertz CT molecular complexity index is 1380. The number of nitrogens with zero attached hydrogens (tertiary/aromatic N) is 2. The third-order valence-corrected chi connectivity index (χ3v) is 6.90. The van der Waals surface area contributed by atoms with Crippen LogP contribution in [-0.4, -0.2) is 51.5 Å². The Labute approximate surface area is 262 Å². The first-order chi connectivity index (χ1) is 20.7. The van der Waals surface area contributed by atoms with E-state index in [-0.39, 0.29) is 25.1 Å². The molecule has 0 aliphatic heterocycles. The van der Waals surface area contributed by atoms with Gasteiger partial charge in [0.1, 0.15) is 12.2 Å². The number of carbonyl (C=O) groups is 2. The molecule has 0 unspecified atom stereocenters. The highest BCUT2D eigenvalue weighted by Crippen LogP contribution is 2.23. The third-order valence-electron chi connectivity index (χ3n) is 6.90. The third kappa shape index (κ3) is 11.5. The molecular weight excluding hydrogens is 554 g/mol. The van der Waals surface area contributed by atoms with Crippen LogP contribution in [0.4, 0.5) is 9.59 Å². The van der Waals surface area contributed by atoms with Crippen LogP contribution in [0, 0.1) is 0 Å². The quantitative estimate of drug-likeness (QED) is 0.223. The zero-order valence-electron chi connectivity index (χ0n) is 26.9. The average Bonchev–Trinajstić information content (AvgIpc) is 2.95. The molecule has 0 spiro atoms. The minimum atomic E-state index is -1.15. The number of allylic oxidation sites excluding steroid dienone is 1. The number of aromatic nitrogens is 1. The molecule has 2 amide bonds. The molecule has 44 heavy (non-hydrogen) atoms.